The SMILES string of the molecule is Cc1ccc(O)c(C(C)N(C)C2CCOCC2)c1. The fourth-order valence-electron chi connectivity index (χ4n) is 2.64. The number of aryl methyl sites for hydroxylation is 1. The molecule has 3 nitrogen and oxygen atoms in total. The van der Waals surface area contributed by atoms with Crippen LogP contribution in [0.1, 0.15) is 36.9 Å². The fourth-order valence-corrected chi connectivity index (χ4v) is 2.64. The molecule has 100 valence electrons. The van der Waals surface area contributed by atoms with E-state index in [1.807, 2.05) is 6.07 Å². The molecule has 0 aromatic heterocycles. The molecule has 0 saturated carbocycles. The molecule has 0 amide bonds. The number of nitrogens with zero attached hydrogens (tertiary/aromatic N) is 1. The van der Waals surface area contributed by atoms with Gasteiger partial charge in [0.15, 0.2) is 0 Å². The van der Waals surface area contributed by atoms with Gasteiger partial charge in [0.25, 0.3) is 0 Å². The van der Waals surface area contributed by atoms with Crippen molar-refractivity contribution in [3.63, 3.8) is 0 Å². The minimum Gasteiger partial charge on any atom is -0.508 e. The zero-order valence-corrected chi connectivity index (χ0v) is 11.5. The predicted octanol–water partition coefficient (Wildman–Crippen LogP) is 2.87. The Morgan fingerprint density at radius 2 is 2.00 bits per heavy atom. The first-order valence-corrected chi connectivity index (χ1v) is 6.69. The summed E-state index contributed by atoms with van der Waals surface area (Å²) in [6.45, 7) is 5.91. The van der Waals surface area contributed by atoms with Crippen LogP contribution in [0.3, 0.4) is 0 Å². The van der Waals surface area contributed by atoms with Gasteiger partial charge in [0.1, 0.15) is 5.75 Å². The molecule has 1 heterocycles. The van der Waals surface area contributed by atoms with Crippen LogP contribution < -0.4 is 0 Å². The van der Waals surface area contributed by atoms with Crippen molar-refractivity contribution in [2.45, 2.75) is 38.8 Å². The molecule has 1 unspecified atom stereocenters. The van der Waals surface area contributed by atoms with E-state index in [1.165, 1.54) is 5.56 Å². The van der Waals surface area contributed by atoms with Crippen molar-refractivity contribution in [2.75, 3.05) is 20.3 Å². The van der Waals surface area contributed by atoms with Crippen LogP contribution >= 0.6 is 0 Å². The molecule has 0 bridgehead atoms. The van der Waals surface area contributed by atoms with E-state index >= 15 is 0 Å². The van der Waals surface area contributed by atoms with Crippen LogP contribution in [0.15, 0.2) is 18.2 Å². The maximum atomic E-state index is 10.0. The van der Waals surface area contributed by atoms with E-state index in [0.29, 0.717) is 11.8 Å². The molecule has 0 spiro atoms. The first-order valence-electron chi connectivity index (χ1n) is 6.69. The Kier molecular flexibility index (Phi) is 4.25. The molecule has 1 aliphatic rings. The van der Waals surface area contributed by atoms with Gasteiger partial charge >= 0.3 is 0 Å². The number of aromatic hydroxyl groups is 1. The van der Waals surface area contributed by atoms with Crippen LogP contribution in [-0.4, -0.2) is 36.3 Å². The highest BCUT2D eigenvalue weighted by Gasteiger charge is 2.24. The van der Waals surface area contributed by atoms with E-state index in [0.717, 1.165) is 31.6 Å². The third-order valence-electron chi connectivity index (χ3n) is 4.01. The molecule has 1 fully saturated rings. The van der Waals surface area contributed by atoms with Crippen molar-refractivity contribution in [3.05, 3.63) is 29.3 Å². The molecule has 0 aliphatic carbocycles. The van der Waals surface area contributed by atoms with Crippen LogP contribution in [0.2, 0.25) is 0 Å². The Labute approximate surface area is 109 Å². The van der Waals surface area contributed by atoms with E-state index in [4.69, 9.17) is 4.74 Å². The highest BCUT2D eigenvalue weighted by Crippen LogP contribution is 2.31. The molecule has 1 aromatic rings. The second-order valence-electron chi connectivity index (χ2n) is 5.25. The van der Waals surface area contributed by atoms with Gasteiger partial charge in [0.05, 0.1) is 0 Å². The van der Waals surface area contributed by atoms with Gasteiger partial charge in [-0.1, -0.05) is 17.7 Å². The predicted molar refractivity (Wildman–Crippen MR) is 72.9 cm³/mol. The second-order valence-corrected chi connectivity index (χ2v) is 5.25. The molecule has 2 rings (SSSR count). The van der Waals surface area contributed by atoms with Gasteiger partial charge in [-0.2, -0.15) is 0 Å². The number of hydrogen-bond donors (Lipinski definition) is 1. The van der Waals surface area contributed by atoms with Crippen molar-refractivity contribution in [1.82, 2.24) is 4.90 Å². The summed E-state index contributed by atoms with van der Waals surface area (Å²) in [5, 5.41) is 10.0. The summed E-state index contributed by atoms with van der Waals surface area (Å²) in [5.41, 5.74) is 2.21. The second kappa shape index (κ2) is 5.72. The lowest BCUT2D eigenvalue weighted by Crippen LogP contribution is -2.38. The Bertz CT molecular complexity index is 399. The Morgan fingerprint density at radius 3 is 2.67 bits per heavy atom. The largest absolute Gasteiger partial charge is 0.508 e. The summed E-state index contributed by atoms with van der Waals surface area (Å²) in [5.74, 6) is 0.395. The molecule has 0 radical (unpaired) electrons. The van der Waals surface area contributed by atoms with E-state index in [9.17, 15) is 5.11 Å². The van der Waals surface area contributed by atoms with Gasteiger partial charge in [0.2, 0.25) is 0 Å². The Balaban J connectivity index is 2.13. The topological polar surface area (TPSA) is 32.7 Å². The zero-order chi connectivity index (χ0) is 13.1. The van der Waals surface area contributed by atoms with Crippen molar-refractivity contribution in [1.29, 1.82) is 0 Å². The van der Waals surface area contributed by atoms with Crippen molar-refractivity contribution < 1.29 is 9.84 Å². The minimum absolute atomic E-state index is 0.230. The van der Waals surface area contributed by atoms with Crippen LogP contribution in [0, 0.1) is 6.92 Å². The van der Waals surface area contributed by atoms with Crippen molar-refractivity contribution >= 4 is 0 Å². The lowest BCUT2D eigenvalue weighted by Gasteiger charge is -2.36. The highest BCUT2D eigenvalue weighted by atomic mass is 16.5. The molecule has 1 aliphatic heterocycles. The zero-order valence-electron chi connectivity index (χ0n) is 11.5. The molecular weight excluding hydrogens is 226 g/mol. The summed E-state index contributed by atoms with van der Waals surface area (Å²) >= 11 is 0. The molecular formula is C15H23NO2. The van der Waals surface area contributed by atoms with Crippen LogP contribution in [-0.2, 0) is 4.74 Å². The van der Waals surface area contributed by atoms with E-state index < -0.39 is 0 Å². The quantitative estimate of drug-likeness (QED) is 0.894. The number of benzene rings is 1. The molecule has 1 atom stereocenters. The van der Waals surface area contributed by atoms with Crippen molar-refractivity contribution in [2.24, 2.45) is 0 Å². The Hall–Kier alpha value is -1.06. The lowest BCUT2D eigenvalue weighted by atomic mass is 9.99. The minimum atomic E-state index is 0.230. The number of rotatable bonds is 3. The number of hydrogen-bond acceptors (Lipinski definition) is 3. The van der Waals surface area contributed by atoms with Gasteiger partial charge in [0, 0.05) is 30.9 Å². The van der Waals surface area contributed by atoms with Crippen LogP contribution in [0.5, 0.6) is 5.75 Å². The highest BCUT2D eigenvalue weighted by molar-refractivity contribution is 5.37. The Morgan fingerprint density at radius 1 is 1.33 bits per heavy atom. The van der Waals surface area contributed by atoms with Crippen LogP contribution in [0.4, 0.5) is 0 Å². The van der Waals surface area contributed by atoms with E-state index in [1.54, 1.807) is 6.07 Å². The van der Waals surface area contributed by atoms with E-state index in [-0.39, 0.29) is 6.04 Å². The number of ether oxygens (including phenoxy) is 1. The van der Waals surface area contributed by atoms with Gasteiger partial charge in [-0.25, -0.2) is 0 Å². The summed E-state index contributed by atoms with van der Waals surface area (Å²) in [6, 6.07) is 6.59. The summed E-state index contributed by atoms with van der Waals surface area (Å²) in [6.07, 6.45) is 2.15. The van der Waals surface area contributed by atoms with Gasteiger partial charge in [-0.05, 0) is 39.8 Å². The number of phenolic OH excluding ortho intramolecular Hbond substituents is 1. The van der Waals surface area contributed by atoms with Crippen LogP contribution in [0.25, 0.3) is 0 Å². The molecule has 1 N–H and O–H groups in total. The molecule has 1 saturated heterocycles. The van der Waals surface area contributed by atoms with Gasteiger partial charge in [-0.3, -0.25) is 4.90 Å². The number of phenols is 1. The molecule has 1 aromatic carbocycles. The first kappa shape index (κ1) is 13.4. The molecule has 3 heteroatoms. The lowest BCUT2D eigenvalue weighted by molar-refractivity contribution is 0.0306. The maximum absolute atomic E-state index is 10.0. The third-order valence-corrected chi connectivity index (χ3v) is 4.01. The molecule has 18 heavy (non-hydrogen) atoms. The fraction of sp³-hybridized carbons (Fsp3) is 0.600. The van der Waals surface area contributed by atoms with Gasteiger partial charge in [-0.15, -0.1) is 0 Å². The van der Waals surface area contributed by atoms with Gasteiger partial charge < -0.3 is 9.84 Å². The summed E-state index contributed by atoms with van der Waals surface area (Å²) in [7, 11) is 2.14. The summed E-state index contributed by atoms with van der Waals surface area (Å²) < 4.78 is 5.40. The monoisotopic (exact) mass is 249 g/mol. The standard InChI is InChI=1S/C15H23NO2/c1-11-4-5-15(17)14(10-11)12(2)16(3)13-6-8-18-9-7-13/h4-5,10,12-13,17H,6-9H2,1-3H3. The first-order chi connectivity index (χ1) is 8.59. The average Bonchev–Trinajstić information content (AvgIpc) is 2.41. The maximum Gasteiger partial charge on any atom is 0.120 e. The summed E-state index contributed by atoms with van der Waals surface area (Å²) in [4.78, 5) is 2.36. The average molecular weight is 249 g/mol. The van der Waals surface area contributed by atoms with E-state index in [2.05, 4.69) is 31.9 Å². The third kappa shape index (κ3) is 2.85. The smallest absolute Gasteiger partial charge is 0.120 e. The normalized spacial score (nSPS) is 19.1. The van der Waals surface area contributed by atoms with Crippen molar-refractivity contribution in [3.8, 4) is 5.75 Å².